The summed E-state index contributed by atoms with van der Waals surface area (Å²) in [5, 5.41) is 11.1. The van der Waals surface area contributed by atoms with Gasteiger partial charge in [0, 0.05) is 23.8 Å². The molecule has 0 unspecified atom stereocenters. The minimum absolute atomic E-state index is 0.00354. The number of rotatable bonds is 4. The largest absolute Gasteiger partial charge is 0.467 e. The van der Waals surface area contributed by atoms with Crippen LogP contribution in [0.15, 0.2) is 36.7 Å². The number of hydrogen-bond acceptors (Lipinski definition) is 5. The highest BCUT2D eigenvalue weighted by molar-refractivity contribution is 5.93. The Hall–Kier alpha value is -2.80. The van der Waals surface area contributed by atoms with Gasteiger partial charge in [-0.15, -0.1) is 0 Å². The summed E-state index contributed by atoms with van der Waals surface area (Å²) in [6, 6.07) is 6.46. The van der Waals surface area contributed by atoms with Gasteiger partial charge in [0.1, 0.15) is 5.75 Å². The van der Waals surface area contributed by atoms with Gasteiger partial charge in [0.05, 0.1) is 22.7 Å². The molecule has 0 atom stereocenters. The summed E-state index contributed by atoms with van der Waals surface area (Å²) in [6.45, 7) is 2.26. The normalized spacial score (nSPS) is 13.1. The summed E-state index contributed by atoms with van der Waals surface area (Å²) in [4.78, 5) is 22.2. The van der Waals surface area contributed by atoms with Crippen LogP contribution in [0.3, 0.4) is 0 Å². The number of nitro groups is 1. The van der Waals surface area contributed by atoms with Crippen LogP contribution in [0.1, 0.15) is 28.4 Å². The van der Waals surface area contributed by atoms with Crippen LogP contribution in [0.4, 0.5) is 5.69 Å². The van der Waals surface area contributed by atoms with Gasteiger partial charge in [-0.3, -0.25) is 14.9 Å². The molecule has 0 fully saturated rings. The molecule has 0 radical (unpaired) electrons. The molecule has 7 heteroatoms. The zero-order valence-corrected chi connectivity index (χ0v) is 12.5. The van der Waals surface area contributed by atoms with Crippen molar-refractivity contribution >= 4 is 11.5 Å². The van der Waals surface area contributed by atoms with Crippen molar-refractivity contribution in [3.63, 3.8) is 0 Å². The number of fused-ring (bicyclic) bond motifs is 1. The van der Waals surface area contributed by atoms with E-state index in [9.17, 15) is 14.9 Å². The van der Waals surface area contributed by atoms with E-state index < -0.39 is 4.92 Å². The maximum Gasteiger partial charge on any atom is 0.270 e. The van der Waals surface area contributed by atoms with Crippen LogP contribution in [-0.4, -0.2) is 17.5 Å². The molecule has 23 heavy (non-hydrogen) atoms. The van der Waals surface area contributed by atoms with Crippen molar-refractivity contribution in [1.29, 1.82) is 0 Å². The average Bonchev–Trinajstić information content (AvgIpc) is 2.55. The molecule has 1 aromatic carbocycles. The molecule has 0 saturated carbocycles. The fraction of sp³-hybridized carbons (Fsp3) is 0.250. The highest BCUT2D eigenvalue weighted by Crippen LogP contribution is 2.32. The molecule has 0 bridgehead atoms. The summed E-state index contributed by atoms with van der Waals surface area (Å²) < 4.78 is 12.5. The fourth-order valence-corrected chi connectivity index (χ4v) is 2.53. The van der Waals surface area contributed by atoms with Crippen molar-refractivity contribution in [2.75, 3.05) is 6.79 Å². The zero-order valence-electron chi connectivity index (χ0n) is 12.5. The van der Waals surface area contributed by atoms with Crippen LogP contribution < -0.4 is 9.30 Å². The van der Waals surface area contributed by atoms with E-state index in [1.807, 2.05) is 0 Å². The van der Waals surface area contributed by atoms with Crippen LogP contribution in [0.2, 0.25) is 0 Å². The molecule has 7 nitrogen and oxygen atoms in total. The van der Waals surface area contributed by atoms with E-state index in [0.29, 0.717) is 29.0 Å². The second-order valence-electron chi connectivity index (χ2n) is 5.28. The Morgan fingerprint density at radius 3 is 3.00 bits per heavy atom. The predicted octanol–water partition coefficient (Wildman–Crippen LogP) is 2.00. The Morgan fingerprint density at radius 2 is 2.26 bits per heavy atom. The molecule has 1 aromatic heterocycles. The summed E-state index contributed by atoms with van der Waals surface area (Å²) in [6.07, 6.45) is 3.52. The Labute approximate surface area is 132 Å². The molecule has 118 valence electrons. The first-order valence-corrected chi connectivity index (χ1v) is 7.05. The van der Waals surface area contributed by atoms with Crippen LogP contribution in [-0.2, 0) is 17.9 Å². The third-order valence-electron chi connectivity index (χ3n) is 3.60. The van der Waals surface area contributed by atoms with Gasteiger partial charge < -0.3 is 9.47 Å². The SMILES string of the molecule is CC(=O)c1ccc[n+](Cc2cc([N+](=O)[O-])cc3c2OCOC3)c1. The average molecular weight is 315 g/mol. The molecule has 1 aliphatic rings. The highest BCUT2D eigenvalue weighted by Gasteiger charge is 2.23. The molecule has 1 aliphatic heterocycles. The van der Waals surface area contributed by atoms with Crippen molar-refractivity contribution in [3.05, 3.63) is 63.5 Å². The second kappa shape index (κ2) is 6.13. The molecular formula is C16H15N2O5+. The minimum Gasteiger partial charge on any atom is -0.467 e. The number of carbonyl (C=O) groups excluding carboxylic acids is 1. The van der Waals surface area contributed by atoms with Crippen molar-refractivity contribution in [3.8, 4) is 5.75 Å². The molecular weight excluding hydrogens is 300 g/mol. The summed E-state index contributed by atoms with van der Waals surface area (Å²) >= 11 is 0. The lowest BCUT2D eigenvalue weighted by Gasteiger charge is -2.19. The van der Waals surface area contributed by atoms with Gasteiger partial charge in [-0.25, -0.2) is 0 Å². The number of benzene rings is 1. The molecule has 2 heterocycles. The fourth-order valence-electron chi connectivity index (χ4n) is 2.53. The standard InChI is InChI=1S/C16H15N2O5/c1-11(19)12-3-2-4-17(7-12)8-13-5-15(18(20)21)6-14-9-22-10-23-16(13)14/h2-7H,8-10H2,1H3/q+1. The Kier molecular flexibility index (Phi) is 4.03. The van der Waals surface area contributed by atoms with Gasteiger partial charge in [0.25, 0.3) is 5.69 Å². The van der Waals surface area contributed by atoms with E-state index in [4.69, 9.17) is 9.47 Å². The number of carbonyl (C=O) groups is 1. The number of Topliss-reactive ketones (excluding diaryl/α,β-unsaturated/α-hetero) is 1. The first-order valence-electron chi connectivity index (χ1n) is 7.05. The summed E-state index contributed by atoms with van der Waals surface area (Å²) in [5.74, 6) is 0.577. The summed E-state index contributed by atoms with van der Waals surface area (Å²) in [5.41, 5.74) is 1.92. The second-order valence-corrected chi connectivity index (χ2v) is 5.28. The van der Waals surface area contributed by atoms with Crippen LogP contribution in [0.25, 0.3) is 0 Å². The van der Waals surface area contributed by atoms with Crippen LogP contribution >= 0.6 is 0 Å². The first-order chi connectivity index (χ1) is 11.0. The monoisotopic (exact) mass is 315 g/mol. The number of non-ortho nitro benzene ring substituents is 1. The summed E-state index contributed by atoms with van der Waals surface area (Å²) in [7, 11) is 0. The van der Waals surface area contributed by atoms with Crippen molar-refractivity contribution in [2.24, 2.45) is 0 Å². The number of nitrogens with zero attached hydrogens (tertiary/aromatic N) is 2. The van der Waals surface area contributed by atoms with Crippen molar-refractivity contribution in [1.82, 2.24) is 0 Å². The Balaban J connectivity index is 2.01. The van der Waals surface area contributed by atoms with Crippen LogP contribution in [0, 0.1) is 10.1 Å². The van der Waals surface area contributed by atoms with E-state index in [1.54, 1.807) is 29.1 Å². The number of pyridine rings is 1. The maximum absolute atomic E-state index is 11.5. The third-order valence-corrected chi connectivity index (χ3v) is 3.60. The van der Waals surface area contributed by atoms with Gasteiger partial charge >= 0.3 is 0 Å². The molecule has 0 saturated heterocycles. The molecule has 0 N–H and O–H groups in total. The highest BCUT2D eigenvalue weighted by atomic mass is 16.7. The van der Waals surface area contributed by atoms with E-state index in [1.165, 1.54) is 19.1 Å². The van der Waals surface area contributed by atoms with Crippen molar-refractivity contribution in [2.45, 2.75) is 20.1 Å². The van der Waals surface area contributed by atoms with E-state index in [-0.39, 0.29) is 24.9 Å². The lowest BCUT2D eigenvalue weighted by atomic mass is 10.1. The Bertz CT molecular complexity index is 788. The minimum atomic E-state index is -0.435. The maximum atomic E-state index is 11.5. The van der Waals surface area contributed by atoms with Gasteiger partial charge in [-0.1, -0.05) is 0 Å². The molecule has 2 aromatic rings. The Morgan fingerprint density at radius 1 is 1.43 bits per heavy atom. The van der Waals surface area contributed by atoms with Gasteiger partial charge in [0.15, 0.2) is 31.5 Å². The van der Waals surface area contributed by atoms with E-state index in [0.717, 1.165) is 0 Å². The van der Waals surface area contributed by atoms with Gasteiger partial charge in [-0.05, 0) is 13.0 Å². The topological polar surface area (TPSA) is 82.6 Å². The zero-order chi connectivity index (χ0) is 16.4. The molecule has 0 amide bonds. The number of ether oxygens (including phenoxy) is 2. The van der Waals surface area contributed by atoms with Crippen LogP contribution in [0.5, 0.6) is 5.75 Å². The number of ketones is 1. The van der Waals surface area contributed by atoms with E-state index in [2.05, 4.69) is 0 Å². The number of hydrogen-bond donors (Lipinski definition) is 0. The van der Waals surface area contributed by atoms with Gasteiger partial charge in [-0.2, -0.15) is 4.57 Å². The first kappa shape index (κ1) is 15.1. The smallest absolute Gasteiger partial charge is 0.270 e. The number of aromatic nitrogens is 1. The predicted molar refractivity (Wildman–Crippen MR) is 79.1 cm³/mol. The van der Waals surface area contributed by atoms with E-state index >= 15 is 0 Å². The molecule has 0 aliphatic carbocycles. The molecule has 0 spiro atoms. The quantitative estimate of drug-likeness (QED) is 0.373. The molecule has 3 rings (SSSR count). The third kappa shape index (κ3) is 3.19. The lowest BCUT2D eigenvalue weighted by molar-refractivity contribution is -0.688. The lowest BCUT2D eigenvalue weighted by Crippen LogP contribution is -2.34. The van der Waals surface area contributed by atoms with Crippen molar-refractivity contribution < 1.29 is 23.8 Å². The van der Waals surface area contributed by atoms with Gasteiger partial charge in [0.2, 0.25) is 0 Å². The number of nitro benzene ring substituents is 1.